The van der Waals surface area contributed by atoms with Gasteiger partial charge in [-0.3, -0.25) is 0 Å². The summed E-state index contributed by atoms with van der Waals surface area (Å²) in [5.74, 6) is 0. The third-order valence-electron chi connectivity index (χ3n) is 0.425. The maximum absolute atomic E-state index is 7.00. The lowest BCUT2D eigenvalue weighted by Gasteiger charge is -1.46. The van der Waals surface area contributed by atoms with Gasteiger partial charge in [0, 0.05) is 0 Å². The monoisotopic (exact) mass is 129 g/mol. The smallest absolute Gasteiger partial charge is 0.429 e. The van der Waals surface area contributed by atoms with Crippen molar-refractivity contribution in [3.05, 3.63) is 22.9 Å². The zero-order chi connectivity index (χ0) is 6.24. The first kappa shape index (κ1) is 7.68. The van der Waals surface area contributed by atoms with Crippen LogP contribution in [0.4, 0.5) is 0 Å². The molecule has 0 amide bonds. The lowest BCUT2D eigenvalue weighted by molar-refractivity contribution is 0.448. The van der Waals surface area contributed by atoms with E-state index in [1.807, 2.05) is 22.9 Å². The maximum Gasteiger partial charge on any atom is 0.482 e. The molecule has 2 nitrogen and oxygen atoms in total. The average Bonchev–Trinajstić information content (AvgIpc) is 2.17. The van der Waals surface area contributed by atoms with Crippen molar-refractivity contribution < 1.29 is 10.0 Å². The molecule has 0 saturated carbocycles. The summed E-state index contributed by atoms with van der Waals surface area (Å²) in [4.78, 5) is 0. The van der Waals surface area contributed by atoms with E-state index in [9.17, 15) is 0 Å². The molecule has 0 aliphatic carbocycles. The van der Waals surface area contributed by atoms with Gasteiger partial charge in [0.15, 0.2) is 0 Å². The van der Waals surface area contributed by atoms with E-state index in [1.165, 1.54) is 0 Å². The van der Waals surface area contributed by atoms with Gasteiger partial charge in [-0.05, 0) is 10.8 Å². The van der Waals surface area contributed by atoms with Crippen molar-refractivity contribution in [2.75, 3.05) is 0 Å². The van der Waals surface area contributed by atoms with Crippen LogP contribution in [0.25, 0.3) is 0 Å². The van der Waals surface area contributed by atoms with Gasteiger partial charge in [-0.2, -0.15) is 11.3 Å². The summed E-state index contributed by atoms with van der Waals surface area (Å²) in [6.45, 7) is 0. The predicted octanol–water partition coefficient (Wildman–Crippen LogP) is 0.253. The molecule has 1 aromatic rings. The largest absolute Gasteiger partial charge is 0.482 e. The third-order valence-corrected chi connectivity index (χ3v) is 1.05. The van der Waals surface area contributed by atoms with Crippen molar-refractivity contribution in [2.24, 2.45) is 0 Å². The second-order valence-corrected chi connectivity index (χ2v) is 1.73. The number of thiophene rings is 1. The van der Waals surface area contributed by atoms with Gasteiger partial charge >= 0.3 is 7.69 Å². The van der Waals surface area contributed by atoms with E-state index in [0.29, 0.717) is 0 Å². The van der Waals surface area contributed by atoms with Gasteiger partial charge in [-0.1, -0.05) is 12.1 Å². The Morgan fingerprint density at radius 2 is 1.50 bits per heavy atom. The van der Waals surface area contributed by atoms with Crippen LogP contribution in [0, 0.1) is 0 Å². The summed E-state index contributed by atoms with van der Waals surface area (Å²) in [6.07, 6.45) is 0. The van der Waals surface area contributed by atoms with Crippen LogP contribution in [-0.4, -0.2) is 17.7 Å². The van der Waals surface area contributed by atoms with E-state index >= 15 is 0 Å². The Kier molecular flexibility index (Phi) is 6.42. The van der Waals surface area contributed by atoms with Crippen LogP contribution in [0.2, 0.25) is 0 Å². The maximum atomic E-state index is 7.00. The third kappa shape index (κ3) is 5.68. The summed E-state index contributed by atoms with van der Waals surface area (Å²) in [5, 5.41) is 18.1. The summed E-state index contributed by atoms with van der Waals surface area (Å²) in [5.41, 5.74) is 0. The van der Waals surface area contributed by atoms with Crippen LogP contribution in [0.1, 0.15) is 0 Å². The summed E-state index contributed by atoms with van der Waals surface area (Å²) in [7, 11) is 0. The fourth-order valence-corrected chi connectivity index (χ4v) is 0.680. The lowest BCUT2D eigenvalue weighted by Crippen LogP contribution is -1.75. The van der Waals surface area contributed by atoms with Gasteiger partial charge in [-0.15, -0.1) is 0 Å². The molecule has 43 valence electrons. The number of rotatable bonds is 0. The molecule has 0 aliphatic heterocycles. The van der Waals surface area contributed by atoms with E-state index in [1.54, 1.807) is 11.3 Å². The van der Waals surface area contributed by atoms with Gasteiger partial charge < -0.3 is 10.0 Å². The molecule has 1 heterocycles. The number of hydrogen-bond donors (Lipinski definition) is 2. The highest BCUT2D eigenvalue weighted by molar-refractivity contribution is 7.07. The van der Waals surface area contributed by atoms with E-state index in [0.717, 1.165) is 0 Å². The highest BCUT2D eigenvalue weighted by Crippen LogP contribution is 1.91. The minimum absolute atomic E-state index is 0. The molecule has 0 fully saturated rings. The molecule has 2 N–H and O–H groups in total. The van der Waals surface area contributed by atoms with Gasteiger partial charge in [0.2, 0.25) is 0 Å². The lowest BCUT2D eigenvalue weighted by atomic mass is 10.5. The van der Waals surface area contributed by atoms with E-state index in [-0.39, 0.29) is 7.69 Å². The Hall–Kier alpha value is -0.315. The molecule has 0 unspecified atom stereocenters. The molecule has 8 heavy (non-hydrogen) atoms. The molecular formula is C4H6BO2S. The Morgan fingerprint density at radius 3 is 1.62 bits per heavy atom. The molecule has 0 aliphatic rings. The molecule has 0 atom stereocenters. The Morgan fingerprint density at radius 1 is 1.12 bits per heavy atom. The topological polar surface area (TPSA) is 40.5 Å². The number of hydrogen-bond acceptors (Lipinski definition) is 3. The van der Waals surface area contributed by atoms with Crippen LogP contribution in [0.3, 0.4) is 0 Å². The van der Waals surface area contributed by atoms with Crippen LogP contribution in [0.15, 0.2) is 22.9 Å². The SMILES string of the molecule is O[B]O.c1ccsc1. The Bertz CT molecular complexity index is 80.9. The van der Waals surface area contributed by atoms with Gasteiger partial charge in [0.25, 0.3) is 0 Å². The zero-order valence-electron chi connectivity index (χ0n) is 4.19. The zero-order valence-corrected chi connectivity index (χ0v) is 5.01. The van der Waals surface area contributed by atoms with Crippen LogP contribution in [-0.2, 0) is 0 Å². The molecule has 1 radical (unpaired) electrons. The minimum atomic E-state index is 0. The summed E-state index contributed by atoms with van der Waals surface area (Å²) in [6, 6.07) is 4.04. The minimum Gasteiger partial charge on any atom is -0.429 e. The molecule has 0 spiro atoms. The fraction of sp³-hybridized carbons (Fsp3) is 0. The second kappa shape index (κ2) is 6.68. The molecule has 1 aromatic heterocycles. The second-order valence-electron chi connectivity index (χ2n) is 0.909. The first-order chi connectivity index (χ1) is 3.91. The molecule has 0 saturated heterocycles. The van der Waals surface area contributed by atoms with Crippen LogP contribution >= 0.6 is 11.3 Å². The molecule has 0 aromatic carbocycles. The first-order valence-electron chi connectivity index (χ1n) is 1.99. The van der Waals surface area contributed by atoms with E-state index < -0.39 is 0 Å². The normalized spacial score (nSPS) is 6.75. The van der Waals surface area contributed by atoms with Gasteiger partial charge in [-0.25, -0.2) is 0 Å². The van der Waals surface area contributed by atoms with Crippen molar-refractivity contribution in [3.8, 4) is 0 Å². The quantitative estimate of drug-likeness (QED) is 0.493. The van der Waals surface area contributed by atoms with Crippen molar-refractivity contribution in [1.82, 2.24) is 0 Å². The molecular weight excluding hydrogens is 123 g/mol. The Balaban J connectivity index is 0.000000145. The van der Waals surface area contributed by atoms with Crippen molar-refractivity contribution >= 4 is 19.0 Å². The van der Waals surface area contributed by atoms with E-state index in [2.05, 4.69) is 0 Å². The fourth-order valence-electron chi connectivity index (χ4n) is 0.227. The standard InChI is InChI=1S/C4H4S.BH2O2/c1-2-4-5-3-1;2-1-3/h1-4H;2-3H. The highest BCUT2D eigenvalue weighted by atomic mass is 32.1. The van der Waals surface area contributed by atoms with Gasteiger partial charge in [0.05, 0.1) is 0 Å². The molecule has 1 rings (SSSR count). The highest BCUT2D eigenvalue weighted by Gasteiger charge is 1.58. The molecule has 4 heteroatoms. The first-order valence-corrected chi connectivity index (χ1v) is 2.93. The van der Waals surface area contributed by atoms with Crippen LogP contribution < -0.4 is 0 Å². The van der Waals surface area contributed by atoms with Crippen LogP contribution in [0.5, 0.6) is 0 Å². The molecule has 0 bridgehead atoms. The van der Waals surface area contributed by atoms with Crippen molar-refractivity contribution in [3.63, 3.8) is 0 Å². The predicted molar refractivity (Wildman–Crippen MR) is 34.5 cm³/mol. The Labute approximate surface area is 52.7 Å². The van der Waals surface area contributed by atoms with Gasteiger partial charge in [0.1, 0.15) is 0 Å². The van der Waals surface area contributed by atoms with Crippen molar-refractivity contribution in [2.45, 2.75) is 0 Å². The summed E-state index contributed by atoms with van der Waals surface area (Å²) >= 11 is 1.71. The summed E-state index contributed by atoms with van der Waals surface area (Å²) < 4.78 is 0. The van der Waals surface area contributed by atoms with Crippen molar-refractivity contribution in [1.29, 1.82) is 0 Å². The average molecular weight is 129 g/mol. The van der Waals surface area contributed by atoms with E-state index in [4.69, 9.17) is 10.0 Å².